The fourth-order valence-electron chi connectivity index (χ4n) is 3.08. The minimum absolute atomic E-state index is 0.107. The van der Waals surface area contributed by atoms with Gasteiger partial charge in [-0.3, -0.25) is 14.2 Å². The average molecular weight is 436 g/mol. The van der Waals surface area contributed by atoms with E-state index in [1.807, 2.05) is 13.0 Å². The lowest BCUT2D eigenvalue weighted by Crippen LogP contribution is -2.24. The molecule has 0 atom stereocenters. The maximum absolute atomic E-state index is 13.1. The second kappa shape index (κ2) is 9.53. The molecule has 0 aliphatic rings. The first-order valence-electron chi connectivity index (χ1n) is 9.81. The Morgan fingerprint density at radius 2 is 1.94 bits per heavy atom. The number of ether oxygens (including phenoxy) is 1. The van der Waals surface area contributed by atoms with Crippen LogP contribution in [0.3, 0.4) is 0 Å². The number of rotatable bonds is 8. The van der Waals surface area contributed by atoms with Crippen LogP contribution in [0.2, 0.25) is 0 Å². The lowest BCUT2D eigenvalue weighted by atomic mass is 10.2. The lowest BCUT2D eigenvalue weighted by molar-refractivity contribution is -0.113. The van der Waals surface area contributed by atoms with Crippen LogP contribution >= 0.6 is 11.8 Å². The molecule has 0 spiro atoms. The quantitative estimate of drug-likeness (QED) is 0.330. The van der Waals surface area contributed by atoms with Crippen molar-refractivity contribution in [3.05, 3.63) is 83.0 Å². The van der Waals surface area contributed by atoms with Crippen molar-refractivity contribution in [3.63, 3.8) is 0 Å². The summed E-state index contributed by atoms with van der Waals surface area (Å²) in [6.45, 7) is 2.74. The highest BCUT2D eigenvalue weighted by Gasteiger charge is 2.14. The summed E-state index contributed by atoms with van der Waals surface area (Å²) < 4.78 is 12.4. The zero-order valence-corrected chi connectivity index (χ0v) is 17.7. The molecule has 0 radical (unpaired) electrons. The molecule has 7 nitrogen and oxygen atoms in total. The van der Waals surface area contributed by atoms with Gasteiger partial charge >= 0.3 is 0 Å². The molecule has 31 heavy (non-hydrogen) atoms. The second-order valence-electron chi connectivity index (χ2n) is 6.68. The number of fused-ring (bicyclic) bond motifs is 1. The number of nitrogens with one attached hydrogen (secondary N) is 1. The third-order valence-electron chi connectivity index (χ3n) is 4.50. The summed E-state index contributed by atoms with van der Waals surface area (Å²) in [7, 11) is 0. The number of aromatic nitrogens is 2. The molecule has 8 heteroatoms. The molecule has 1 N–H and O–H groups in total. The number of furan rings is 1. The molecule has 4 rings (SSSR count). The highest BCUT2D eigenvalue weighted by molar-refractivity contribution is 7.99. The van der Waals surface area contributed by atoms with E-state index >= 15 is 0 Å². The number of nitrogens with zero attached hydrogens (tertiary/aromatic N) is 2. The number of carbonyl (C=O) groups excluding carboxylic acids is 1. The van der Waals surface area contributed by atoms with Crippen LogP contribution in [0.25, 0.3) is 10.9 Å². The number of para-hydroxylation sites is 1. The fraction of sp³-hybridized carbons (Fsp3) is 0.174. The molecule has 2 aromatic carbocycles. The Labute approximate surface area is 183 Å². The van der Waals surface area contributed by atoms with Crippen molar-refractivity contribution in [1.82, 2.24) is 9.55 Å². The number of thioether (sulfide) groups is 1. The van der Waals surface area contributed by atoms with Gasteiger partial charge in [0.15, 0.2) is 5.16 Å². The third-order valence-corrected chi connectivity index (χ3v) is 5.48. The summed E-state index contributed by atoms with van der Waals surface area (Å²) in [5, 5.41) is 3.83. The van der Waals surface area contributed by atoms with E-state index in [9.17, 15) is 9.59 Å². The fourth-order valence-corrected chi connectivity index (χ4v) is 3.88. The van der Waals surface area contributed by atoms with E-state index in [1.54, 1.807) is 60.9 Å². The maximum Gasteiger partial charge on any atom is 0.262 e. The van der Waals surface area contributed by atoms with Crippen molar-refractivity contribution in [3.8, 4) is 5.75 Å². The maximum atomic E-state index is 13.1. The summed E-state index contributed by atoms with van der Waals surface area (Å²) in [6.07, 6.45) is 1.56. The Kier molecular flexibility index (Phi) is 6.37. The van der Waals surface area contributed by atoms with Gasteiger partial charge < -0.3 is 14.5 Å². The monoisotopic (exact) mass is 435 g/mol. The molecule has 0 saturated carbocycles. The van der Waals surface area contributed by atoms with Crippen LogP contribution in [-0.4, -0.2) is 27.8 Å². The number of hydrogen-bond donors (Lipinski definition) is 1. The Hall–Kier alpha value is -3.52. The van der Waals surface area contributed by atoms with E-state index in [0.717, 1.165) is 5.75 Å². The molecule has 2 heterocycles. The predicted octanol–water partition coefficient (Wildman–Crippen LogP) is 4.17. The molecule has 158 valence electrons. The topological polar surface area (TPSA) is 86.4 Å². The SMILES string of the molecule is CCOc1ccc(NC(=O)CSc2nc3ccccc3c(=O)n2Cc2ccco2)cc1. The number of benzene rings is 2. The largest absolute Gasteiger partial charge is 0.494 e. The van der Waals surface area contributed by atoms with Crippen LogP contribution in [-0.2, 0) is 11.3 Å². The van der Waals surface area contributed by atoms with E-state index in [4.69, 9.17) is 9.15 Å². The number of amides is 1. The summed E-state index contributed by atoms with van der Waals surface area (Å²) in [6, 6.07) is 17.9. The van der Waals surface area contributed by atoms with Gasteiger partial charge in [-0.1, -0.05) is 23.9 Å². The first-order chi connectivity index (χ1) is 15.1. The standard InChI is InChI=1S/C23H21N3O4S/c1-2-29-17-11-9-16(10-12-17)24-21(27)15-31-23-25-20-8-4-3-7-19(20)22(28)26(23)14-18-6-5-13-30-18/h3-13H,2,14-15H2,1H3,(H,24,27). The highest BCUT2D eigenvalue weighted by Crippen LogP contribution is 2.20. The molecule has 1 amide bonds. The van der Waals surface area contributed by atoms with Gasteiger partial charge in [-0.15, -0.1) is 0 Å². The molecule has 4 aromatic rings. The van der Waals surface area contributed by atoms with Gasteiger partial charge in [0.05, 0.1) is 36.1 Å². The van der Waals surface area contributed by atoms with Crippen molar-refractivity contribution in [2.24, 2.45) is 0 Å². The van der Waals surface area contributed by atoms with E-state index < -0.39 is 0 Å². The lowest BCUT2D eigenvalue weighted by Gasteiger charge is -2.12. The molecule has 2 aromatic heterocycles. The van der Waals surface area contributed by atoms with Crippen molar-refractivity contribution in [2.45, 2.75) is 18.6 Å². The van der Waals surface area contributed by atoms with Gasteiger partial charge in [0, 0.05) is 5.69 Å². The molecular formula is C23H21N3O4S. The minimum Gasteiger partial charge on any atom is -0.494 e. The average Bonchev–Trinajstić information content (AvgIpc) is 3.29. The van der Waals surface area contributed by atoms with E-state index in [0.29, 0.717) is 34.1 Å². The van der Waals surface area contributed by atoms with E-state index in [-0.39, 0.29) is 23.8 Å². The molecule has 0 aliphatic carbocycles. The molecule has 0 fully saturated rings. The Morgan fingerprint density at radius 3 is 2.68 bits per heavy atom. The van der Waals surface area contributed by atoms with Crippen LogP contribution in [0.15, 0.2) is 81.3 Å². The van der Waals surface area contributed by atoms with Gasteiger partial charge in [0.2, 0.25) is 5.91 Å². The van der Waals surface area contributed by atoms with Crippen molar-refractivity contribution < 1.29 is 13.9 Å². The summed E-state index contributed by atoms with van der Waals surface area (Å²) in [5.74, 6) is 1.30. The van der Waals surface area contributed by atoms with Crippen LogP contribution < -0.4 is 15.6 Å². The molecule has 0 saturated heterocycles. The van der Waals surface area contributed by atoms with Gasteiger partial charge in [-0.2, -0.15) is 0 Å². The third kappa shape index (κ3) is 4.97. The van der Waals surface area contributed by atoms with E-state index in [1.165, 1.54) is 16.3 Å². The smallest absolute Gasteiger partial charge is 0.262 e. The van der Waals surface area contributed by atoms with Crippen molar-refractivity contribution in [2.75, 3.05) is 17.7 Å². The zero-order chi connectivity index (χ0) is 21.6. The Bertz CT molecular complexity index is 1230. The van der Waals surface area contributed by atoms with E-state index in [2.05, 4.69) is 10.3 Å². The minimum atomic E-state index is -0.193. The normalized spacial score (nSPS) is 10.9. The van der Waals surface area contributed by atoms with Crippen LogP contribution in [0.1, 0.15) is 12.7 Å². The Balaban J connectivity index is 1.52. The predicted molar refractivity (Wildman–Crippen MR) is 121 cm³/mol. The first-order valence-corrected chi connectivity index (χ1v) is 10.8. The van der Waals surface area contributed by atoms with Crippen LogP contribution in [0, 0.1) is 0 Å². The summed E-state index contributed by atoms with van der Waals surface area (Å²) in [4.78, 5) is 30.1. The highest BCUT2D eigenvalue weighted by atomic mass is 32.2. The van der Waals surface area contributed by atoms with Gasteiger partial charge in [-0.05, 0) is 55.5 Å². The molecule has 0 aliphatic heterocycles. The summed E-state index contributed by atoms with van der Waals surface area (Å²) >= 11 is 1.21. The van der Waals surface area contributed by atoms with Gasteiger partial charge in [0.25, 0.3) is 5.56 Å². The Morgan fingerprint density at radius 1 is 1.13 bits per heavy atom. The first kappa shape index (κ1) is 20.7. The molecule has 0 unspecified atom stereocenters. The van der Waals surface area contributed by atoms with Crippen molar-refractivity contribution in [1.29, 1.82) is 0 Å². The molecule has 0 bridgehead atoms. The second-order valence-corrected chi connectivity index (χ2v) is 7.62. The van der Waals surface area contributed by atoms with Crippen LogP contribution in [0.4, 0.5) is 5.69 Å². The van der Waals surface area contributed by atoms with Gasteiger partial charge in [-0.25, -0.2) is 4.98 Å². The molecular weight excluding hydrogens is 414 g/mol. The zero-order valence-electron chi connectivity index (χ0n) is 16.9. The number of anilines is 1. The van der Waals surface area contributed by atoms with Crippen molar-refractivity contribution >= 4 is 34.3 Å². The van der Waals surface area contributed by atoms with Crippen LogP contribution in [0.5, 0.6) is 5.75 Å². The number of carbonyl (C=O) groups is 1. The number of hydrogen-bond acceptors (Lipinski definition) is 6. The van der Waals surface area contributed by atoms with Gasteiger partial charge in [0.1, 0.15) is 11.5 Å². The summed E-state index contributed by atoms with van der Waals surface area (Å²) in [5.41, 5.74) is 1.10.